The molecular formula is C18H17ClF2N6O2. The zero-order valence-corrected chi connectivity index (χ0v) is 15.9. The minimum atomic E-state index is -0.931. The van der Waals surface area contributed by atoms with Gasteiger partial charge in [-0.25, -0.2) is 13.6 Å². The van der Waals surface area contributed by atoms with Gasteiger partial charge in [0.25, 0.3) is 5.56 Å². The van der Waals surface area contributed by atoms with Gasteiger partial charge in [-0.3, -0.25) is 10.2 Å². The topological polar surface area (TPSA) is 134 Å². The molecule has 0 saturated carbocycles. The number of carbonyl (C=O) groups excluding carboxylic acids is 1. The quantitative estimate of drug-likeness (QED) is 0.382. The van der Waals surface area contributed by atoms with Gasteiger partial charge >= 0.3 is 6.03 Å². The number of aromatic nitrogens is 1. The first-order valence-corrected chi connectivity index (χ1v) is 8.64. The second-order valence-corrected chi connectivity index (χ2v) is 5.97. The van der Waals surface area contributed by atoms with Crippen molar-refractivity contribution in [2.45, 2.75) is 6.92 Å². The minimum absolute atomic E-state index is 0.118. The van der Waals surface area contributed by atoms with E-state index in [-0.39, 0.29) is 21.8 Å². The summed E-state index contributed by atoms with van der Waals surface area (Å²) in [6, 6.07) is 2.61. The molecule has 0 atom stereocenters. The molecule has 152 valence electrons. The first-order valence-electron chi connectivity index (χ1n) is 8.26. The lowest BCUT2D eigenvalue weighted by Crippen LogP contribution is -2.32. The predicted molar refractivity (Wildman–Crippen MR) is 108 cm³/mol. The van der Waals surface area contributed by atoms with Gasteiger partial charge in [0.1, 0.15) is 17.3 Å². The molecule has 2 aromatic rings. The fraction of sp³-hybridized carbons (Fsp3) is 0.111. The smallest absolute Gasteiger partial charge is 0.318 e. The Morgan fingerprint density at radius 1 is 1.28 bits per heavy atom. The lowest BCUT2D eigenvalue weighted by atomic mass is 10.0. The van der Waals surface area contributed by atoms with Crippen LogP contribution in [-0.4, -0.2) is 29.5 Å². The minimum Gasteiger partial charge on any atom is -0.349 e. The highest BCUT2D eigenvalue weighted by Gasteiger charge is 2.21. The van der Waals surface area contributed by atoms with Gasteiger partial charge in [-0.2, -0.15) is 0 Å². The number of urea groups is 1. The molecule has 0 unspecified atom stereocenters. The molecule has 11 heteroatoms. The monoisotopic (exact) mass is 422 g/mol. The van der Waals surface area contributed by atoms with Crippen molar-refractivity contribution in [1.29, 1.82) is 10.8 Å². The van der Waals surface area contributed by atoms with Crippen LogP contribution < -0.4 is 21.5 Å². The number of nitrogens with one attached hydrogen (secondary N) is 6. The average molecular weight is 423 g/mol. The normalized spacial score (nSPS) is 11.0. The molecular weight excluding hydrogens is 406 g/mol. The second-order valence-electron chi connectivity index (χ2n) is 5.56. The number of para-hydroxylation sites is 1. The van der Waals surface area contributed by atoms with Crippen molar-refractivity contribution in [3.8, 4) is 0 Å². The molecule has 1 aromatic carbocycles. The van der Waals surface area contributed by atoms with Crippen molar-refractivity contribution in [3.63, 3.8) is 0 Å². The standard InChI is InChI=1S/C18H17ClF2N6O2/c1-2-24-18(29)26-7-9(6-22)14(23)13-15(10(19)8-25-17(13)28)27-16-11(20)4-3-5-12(16)21/h3-8,22-23H,2H2,1H3,(H2,24,26,29)(H2,25,27,28)/b9-7+,22-6?,23-14?. The van der Waals surface area contributed by atoms with E-state index >= 15 is 0 Å². The number of anilines is 2. The van der Waals surface area contributed by atoms with Crippen LogP contribution in [0, 0.1) is 22.5 Å². The van der Waals surface area contributed by atoms with E-state index in [1.807, 2.05) is 0 Å². The molecule has 29 heavy (non-hydrogen) atoms. The van der Waals surface area contributed by atoms with E-state index in [0.717, 1.165) is 30.7 Å². The molecule has 2 amide bonds. The summed E-state index contributed by atoms with van der Waals surface area (Å²) in [6.45, 7) is 2.06. The Balaban J connectivity index is 2.52. The number of hydrogen-bond acceptors (Lipinski definition) is 5. The van der Waals surface area contributed by atoms with Crippen LogP contribution in [-0.2, 0) is 0 Å². The summed E-state index contributed by atoms with van der Waals surface area (Å²) in [5, 5.41) is 22.8. The number of pyridine rings is 1. The zero-order valence-electron chi connectivity index (χ0n) is 15.1. The SMILES string of the molecule is CCNC(=O)N/C=C(\C=N)C(=N)c1c(Nc2c(F)cccc2F)c(Cl)c[nH]c1=O. The number of hydrogen-bond donors (Lipinski definition) is 6. The maximum Gasteiger partial charge on any atom is 0.318 e. The highest BCUT2D eigenvalue weighted by atomic mass is 35.5. The molecule has 0 radical (unpaired) electrons. The summed E-state index contributed by atoms with van der Waals surface area (Å²) < 4.78 is 28.0. The Labute approximate surface area is 169 Å². The van der Waals surface area contributed by atoms with Gasteiger partial charge in [-0.1, -0.05) is 17.7 Å². The van der Waals surface area contributed by atoms with E-state index in [1.54, 1.807) is 6.92 Å². The van der Waals surface area contributed by atoms with E-state index in [9.17, 15) is 18.4 Å². The number of aromatic amines is 1. The highest BCUT2D eigenvalue weighted by Crippen LogP contribution is 2.30. The van der Waals surface area contributed by atoms with Gasteiger partial charge in [0, 0.05) is 30.7 Å². The van der Waals surface area contributed by atoms with Crippen LogP contribution in [0.25, 0.3) is 0 Å². The molecule has 8 nitrogen and oxygen atoms in total. The van der Waals surface area contributed by atoms with E-state index in [2.05, 4.69) is 20.9 Å². The molecule has 0 saturated heterocycles. The Morgan fingerprint density at radius 2 is 1.93 bits per heavy atom. The number of rotatable bonds is 7. The van der Waals surface area contributed by atoms with Crippen LogP contribution in [0.1, 0.15) is 12.5 Å². The number of amides is 2. The first-order chi connectivity index (χ1) is 13.8. The second kappa shape index (κ2) is 9.60. The van der Waals surface area contributed by atoms with Crippen molar-refractivity contribution < 1.29 is 13.6 Å². The van der Waals surface area contributed by atoms with Crippen molar-refractivity contribution in [2.75, 3.05) is 11.9 Å². The number of halogens is 3. The van der Waals surface area contributed by atoms with Gasteiger partial charge in [-0.05, 0) is 19.1 Å². The third-order valence-corrected chi connectivity index (χ3v) is 3.95. The highest BCUT2D eigenvalue weighted by molar-refractivity contribution is 6.35. The van der Waals surface area contributed by atoms with E-state index in [1.165, 1.54) is 6.07 Å². The Morgan fingerprint density at radius 3 is 2.52 bits per heavy atom. The summed E-state index contributed by atoms with van der Waals surface area (Å²) in [5.41, 5.74) is -2.59. The number of carbonyl (C=O) groups is 1. The summed E-state index contributed by atoms with van der Waals surface area (Å²) in [4.78, 5) is 26.2. The molecule has 0 aliphatic carbocycles. The maximum atomic E-state index is 14.0. The van der Waals surface area contributed by atoms with Crippen molar-refractivity contribution in [3.05, 3.63) is 68.7 Å². The van der Waals surface area contributed by atoms with Gasteiger partial charge in [0.15, 0.2) is 0 Å². The van der Waals surface area contributed by atoms with Gasteiger partial charge < -0.3 is 26.3 Å². The molecule has 1 aromatic heterocycles. The molecule has 1 heterocycles. The third kappa shape index (κ3) is 5.05. The molecule has 0 aliphatic heterocycles. The molecule has 2 rings (SSSR count). The van der Waals surface area contributed by atoms with Crippen LogP contribution in [0.3, 0.4) is 0 Å². The summed E-state index contributed by atoms with van der Waals surface area (Å²) in [6.07, 6.45) is 2.89. The van der Waals surface area contributed by atoms with E-state index in [0.29, 0.717) is 6.54 Å². The van der Waals surface area contributed by atoms with Crippen LogP contribution >= 0.6 is 11.6 Å². The van der Waals surface area contributed by atoms with Crippen LogP contribution in [0.4, 0.5) is 25.0 Å². The maximum absolute atomic E-state index is 14.0. The van der Waals surface area contributed by atoms with Gasteiger partial charge in [0.05, 0.1) is 22.0 Å². The van der Waals surface area contributed by atoms with Crippen molar-refractivity contribution in [1.82, 2.24) is 15.6 Å². The first kappa shape index (κ1) is 21.8. The summed E-state index contributed by atoms with van der Waals surface area (Å²) in [7, 11) is 0. The molecule has 0 fully saturated rings. The molecule has 6 N–H and O–H groups in total. The van der Waals surface area contributed by atoms with E-state index < -0.39 is 34.6 Å². The Bertz CT molecular complexity index is 1030. The lowest BCUT2D eigenvalue weighted by molar-refractivity contribution is 0.244. The van der Waals surface area contributed by atoms with E-state index in [4.69, 9.17) is 22.4 Å². The number of allylic oxidation sites excluding steroid dienone is 1. The zero-order chi connectivity index (χ0) is 21.6. The summed E-state index contributed by atoms with van der Waals surface area (Å²) in [5.74, 6) is -1.86. The Kier molecular flexibility index (Phi) is 7.21. The molecule has 0 spiro atoms. The number of benzene rings is 1. The largest absolute Gasteiger partial charge is 0.349 e. The fourth-order valence-electron chi connectivity index (χ4n) is 2.29. The number of H-pyrrole nitrogens is 1. The van der Waals surface area contributed by atoms with Gasteiger partial charge in [0.2, 0.25) is 0 Å². The lowest BCUT2D eigenvalue weighted by Gasteiger charge is -2.15. The fourth-order valence-corrected chi connectivity index (χ4v) is 2.49. The predicted octanol–water partition coefficient (Wildman–Crippen LogP) is 3.27. The van der Waals surface area contributed by atoms with Gasteiger partial charge in [-0.15, -0.1) is 0 Å². The Hall–Kier alpha value is -3.53. The summed E-state index contributed by atoms with van der Waals surface area (Å²) >= 11 is 6.09. The molecule has 0 bridgehead atoms. The third-order valence-electron chi connectivity index (χ3n) is 3.65. The van der Waals surface area contributed by atoms with Crippen LogP contribution in [0.5, 0.6) is 0 Å². The van der Waals surface area contributed by atoms with Crippen LogP contribution in [0.2, 0.25) is 5.02 Å². The van der Waals surface area contributed by atoms with Crippen molar-refractivity contribution >= 4 is 40.9 Å². The molecule has 0 aliphatic rings. The van der Waals surface area contributed by atoms with Crippen molar-refractivity contribution in [2.24, 2.45) is 0 Å². The average Bonchev–Trinajstić information content (AvgIpc) is 2.68. The van der Waals surface area contributed by atoms with Crippen LogP contribution in [0.15, 0.2) is 41.0 Å².